The van der Waals surface area contributed by atoms with Crippen LogP contribution >= 0.6 is 0 Å². The van der Waals surface area contributed by atoms with Crippen LogP contribution in [0.3, 0.4) is 0 Å². The van der Waals surface area contributed by atoms with E-state index in [4.69, 9.17) is 0 Å². The third kappa shape index (κ3) is 4.11. The van der Waals surface area contributed by atoms with Gasteiger partial charge in [0.25, 0.3) is 0 Å². The maximum absolute atomic E-state index is 12.8. The third-order valence-corrected chi connectivity index (χ3v) is 4.99. The Hall–Kier alpha value is -2.54. The van der Waals surface area contributed by atoms with Gasteiger partial charge in [-0.15, -0.1) is 3.89 Å². The van der Waals surface area contributed by atoms with Gasteiger partial charge in [0.1, 0.15) is 0 Å². The molecule has 1 heterocycles. The van der Waals surface area contributed by atoms with E-state index in [0.717, 1.165) is 0 Å². The molecule has 1 aliphatic rings. The minimum absolute atomic E-state index is 0.00610. The van der Waals surface area contributed by atoms with Crippen LogP contribution < -0.4 is 4.90 Å². The number of nitrogens with zero attached hydrogens (tertiary/aromatic N) is 1. The molecule has 0 bridgehead atoms. The number of benzene rings is 2. The van der Waals surface area contributed by atoms with Gasteiger partial charge in [0.15, 0.2) is 5.78 Å². The summed E-state index contributed by atoms with van der Waals surface area (Å²) in [6, 6.07) is 15.4. The summed E-state index contributed by atoms with van der Waals surface area (Å²) in [5, 5.41) is 0. The lowest BCUT2D eigenvalue weighted by Gasteiger charge is -2.16. The molecule has 1 saturated heterocycles. The van der Waals surface area contributed by atoms with E-state index in [0.29, 0.717) is 16.8 Å². The SMILES string of the molecule is O=C(c1ccccc1)c1ccc(N2CC(CS(=O)(=O)F)CC2=O)cc1. The van der Waals surface area contributed by atoms with Crippen molar-refractivity contribution in [3.63, 3.8) is 0 Å². The molecular weight excluding hydrogens is 345 g/mol. The number of halogens is 1. The quantitative estimate of drug-likeness (QED) is 0.606. The highest BCUT2D eigenvalue weighted by molar-refractivity contribution is 7.86. The molecule has 1 fully saturated rings. The highest BCUT2D eigenvalue weighted by Gasteiger charge is 2.33. The van der Waals surface area contributed by atoms with E-state index in [9.17, 15) is 21.9 Å². The van der Waals surface area contributed by atoms with Crippen LogP contribution in [0.4, 0.5) is 9.57 Å². The van der Waals surface area contributed by atoms with Crippen molar-refractivity contribution in [3.8, 4) is 0 Å². The van der Waals surface area contributed by atoms with Gasteiger partial charge in [-0.25, -0.2) is 0 Å². The molecule has 0 radical (unpaired) electrons. The third-order valence-electron chi connectivity index (χ3n) is 4.12. The zero-order valence-corrected chi connectivity index (χ0v) is 14.1. The monoisotopic (exact) mass is 361 g/mol. The van der Waals surface area contributed by atoms with E-state index in [-0.39, 0.29) is 24.7 Å². The Morgan fingerprint density at radius 3 is 2.24 bits per heavy atom. The average molecular weight is 361 g/mol. The van der Waals surface area contributed by atoms with E-state index in [1.807, 2.05) is 6.07 Å². The molecule has 0 saturated carbocycles. The average Bonchev–Trinajstić information content (AvgIpc) is 2.93. The fourth-order valence-electron chi connectivity index (χ4n) is 2.97. The fourth-order valence-corrected chi connectivity index (χ4v) is 3.76. The van der Waals surface area contributed by atoms with Gasteiger partial charge in [-0.2, -0.15) is 8.42 Å². The lowest BCUT2D eigenvalue weighted by molar-refractivity contribution is -0.117. The number of rotatable bonds is 5. The number of carbonyl (C=O) groups excluding carboxylic acids is 2. The maximum Gasteiger partial charge on any atom is 0.302 e. The summed E-state index contributed by atoms with van der Waals surface area (Å²) in [7, 11) is -4.61. The van der Waals surface area contributed by atoms with Crippen LogP contribution in [0.2, 0.25) is 0 Å². The molecule has 0 aromatic heterocycles. The minimum Gasteiger partial charge on any atom is -0.312 e. The molecule has 1 atom stereocenters. The van der Waals surface area contributed by atoms with E-state index in [1.54, 1.807) is 48.5 Å². The highest BCUT2D eigenvalue weighted by atomic mass is 32.3. The van der Waals surface area contributed by atoms with Crippen LogP contribution in [-0.4, -0.2) is 32.4 Å². The van der Waals surface area contributed by atoms with E-state index in [1.165, 1.54) is 4.90 Å². The summed E-state index contributed by atoms with van der Waals surface area (Å²) in [5.41, 5.74) is 1.62. The second-order valence-corrected chi connectivity index (χ2v) is 7.43. The molecule has 3 rings (SSSR count). The van der Waals surface area contributed by atoms with Gasteiger partial charge < -0.3 is 4.90 Å². The predicted molar refractivity (Wildman–Crippen MR) is 91.7 cm³/mol. The Balaban J connectivity index is 1.74. The van der Waals surface area contributed by atoms with Gasteiger partial charge in [0.2, 0.25) is 5.91 Å². The number of ketones is 1. The Bertz CT molecular complexity index is 894. The molecule has 130 valence electrons. The van der Waals surface area contributed by atoms with Crippen LogP contribution in [0, 0.1) is 5.92 Å². The molecule has 2 aromatic rings. The fraction of sp³-hybridized carbons (Fsp3) is 0.222. The molecule has 0 aliphatic carbocycles. The first-order valence-electron chi connectivity index (χ1n) is 7.76. The number of anilines is 1. The first-order chi connectivity index (χ1) is 11.8. The Labute approximate surface area is 145 Å². The van der Waals surface area contributed by atoms with Crippen molar-refractivity contribution in [3.05, 3.63) is 65.7 Å². The Morgan fingerprint density at radius 1 is 1.04 bits per heavy atom. The van der Waals surface area contributed by atoms with Crippen molar-refractivity contribution < 1.29 is 21.9 Å². The topological polar surface area (TPSA) is 71.5 Å². The maximum atomic E-state index is 12.8. The smallest absolute Gasteiger partial charge is 0.302 e. The normalized spacial score (nSPS) is 17.7. The van der Waals surface area contributed by atoms with Crippen LogP contribution in [0.5, 0.6) is 0 Å². The zero-order valence-electron chi connectivity index (χ0n) is 13.3. The molecule has 1 amide bonds. The second-order valence-electron chi connectivity index (χ2n) is 6.02. The van der Waals surface area contributed by atoms with Crippen molar-refractivity contribution in [1.29, 1.82) is 0 Å². The largest absolute Gasteiger partial charge is 0.312 e. The van der Waals surface area contributed by atoms with Gasteiger partial charge in [0, 0.05) is 35.7 Å². The molecule has 1 unspecified atom stereocenters. The molecule has 2 aromatic carbocycles. The van der Waals surface area contributed by atoms with Crippen LogP contribution in [0.15, 0.2) is 54.6 Å². The second kappa shape index (κ2) is 6.76. The van der Waals surface area contributed by atoms with Crippen molar-refractivity contribution in [2.24, 2.45) is 5.92 Å². The Morgan fingerprint density at radius 2 is 1.64 bits per heavy atom. The number of carbonyl (C=O) groups is 2. The van der Waals surface area contributed by atoms with Gasteiger partial charge in [-0.05, 0) is 24.3 Å². The molecule has 1 aliphatic heterocycles. The van der Waals surface area contributed by atoms with Crippen molar-refractivity contribution in [2.75, 3.05) is 17.2 Å². The lowest BCUT2D eigenvalue weighted by Crippen LogP contribution is -2.25. The molecular formula is C18H16FNO4S. The van der Waals surface area contributed by atoms with Crippen molar-refractivity contribution in [1.82, 2.24) is 0 Å². The zero-order chi connectivity index (χ0) is 18.0. The van der Waals surface area contributed by atoms with E-state index < -0.39 is 21.9 Å². The molecule has 25 heavy (non-hydrogen) atoms. The Kier molecular flexibility index (Phi) is 4.67. The molecule has 0 N–H and O–H groups in total. The van der Waals surface area contributed by atoms with E-state index >= 15 is 0 Å². The summed E-state index contributed by atoms with van der Waals surface area (Å²) >= 11 is 0. The van der Waals surface area contributed by atoms with Crippen LogP contribution in [-0.2, 0) is 15.0 Å². The number of hydrogen-bond donors (Lipinski definition) is 0. The van der Waals surface area contributed by atoms with Gasteiger partial charge in [-0.3, -0.25) is 9.59 Å². The highest BCUT2D eigenvalue weighted by Crippen LogP contribution is 2.27. The summed E-state index contributed by atoms with van der Waals surface area (Å²) < 4.78 is 34.3. The lowest BCUT2D eigenvalue weighted by atomic mass is 10.0. The predicted octanol–water partition coefficient (Wildman–Crippen LogP) is 2.57. The number of hydrogen-bond acceptors (Lipinski definition) is 4. The van der Waals surface area contributed by atoms with Crippen molar-refractivity contribution in [2.45, 2.75) is 6.42 Å². The summed E-state index contributed by atoms with van der Waals surface area (Å²) in [6.45, 7) is 0.147. The molecule has 5 nitrogen and oxygen atoms in total. The van der Waals surface area contributed by atoms with Gasteiger partial charge >= 0.3 is 10.2 Å². The summed E-state index contributed by atoms with van der Waals surface area (Å²) in [6.07, 6.45) is -0.00610. The standard InChI is InChI=1S/C18H16FNO4S/c19-25(23,24)12-13-10-17(21)20(11-13)16-8-6-15(7-9-16)18(22)14-4-2-1-3-5-14/h1-9,13H,10-12H2. The van der Waals surface area contributed by atoms with Crippen LogP contribution in [0.25, 0.3) is 0 Å². The van der Waals surface area contributed by atoms with Crippen LogP contribution in [0.1, 0.15) is 22.3 Å². The minimum atomic E-state index is -4.61. The van der Waals surface area contributed by atoms with Gasteiger partial charge in [-0.1, -0.05) is 30.3 Å². The molecule has 7 heteroatoms. The molecule has 0 spiro atoms. The summed E-state index contributed by atoms with van der Waals surface area (Å²) in [5.74, 6) is -1.59. The van der Waals surface area contributed by atoms with Gasteiger partial charge in [0.05, 0.1) is 5.75 Å². The first-order valence-corrected chi connectivity index (χ1v) is 9.31. The number of amides is 1. The summed E-state index contributed by atoms with van der Waals surface area (Å²) in [4.78, 5) is 25.8. The first kappa shape index (κ1) is 17.3. The van der Waals surface area contributed by atoms with E-state index in [2.05, 4.69) is 0 Å². The van der Waals surface area contributed by atoms with Crippen molar-refractivity contribution >= 4 is 27.6 Å².